The Labute approximate surface area is 155 Å². The van der Waals surface area contributed by atoms with E-state index in [1.807, 2.05) is 6.07 Å². The van der Waals surface area contributed by atoms with Gasteiger partial charge in [0.1, 0.15) is 0 Å². The highest BCUT2D eigenvalue weighted by molar-refractivity contribution is 5.97. The van der Waals surface area contributed by atoms with Crippen LogP contribution in [0.2, 0.25) is 0 Å². The Morgan fingerprint density at radius 2 is 1.73 bits per heavy atom. The van der Waals surface area contributed by atoms with Gasteiger partial charge in [-0.05, 0) is 36.6 Å². The van der Waals surface area contributed by atoms with E-state index >= 15 is 0 Å². The lowest BCUT2D eigenvalue weighted by Crippen LogP contribution is -2.39. The molecule has 2 amide bonds. The number of hydrogen-bond acceptors (Lipinski definition) is 2. The third-order valence-electron chi connectivity index (χ3n) is 5.26. The van der Waals surface area contributed by atoms with Crippen LogP contribution >= 0.6 is 0 Å². The zero-order valence-corrected chi connectivity index (χ0v) is 15.3. The van der Waals surface area contributed by atoms with E-state index < -0.39 is 0 Å². The van der Waals surface area contributed by atoms with Crippen molar-refractivity contribution < 1.29 is 9.59 Å². The van der Waals surface area contributed by atoms with Crippen LogP contribution < -0.4 is 10.6 Å². The molecule has 2 N–H and O–H groups in total. The molecule has 1 fully saturated rings. The van der Waals surface area contributed by atoms with Crippen LogP contribution in [0.25, 0.3) is 0 Å². The summed E-state index contributed by atoms with van der Waals surface area (Å²) in [5.74, 6) is -0.156. The topological polar surface area (TPSA) is 58.2 Å². The normalized spacial score (nSPS) is 15.4. The van der Waals surface area contributed by atoms with Gasteiger partial charge >= 0.3 is 0 Å². The molecule has 0 spiro atoms. The lowest BCUT2D eigenvalue weighted by atomic mass is 9.79. The Bertz CT molecular complexity index is 765. The number of benzene rings is 2. The number of carbonyl (C=O) groups excluding carboxylic acids is 2. The van der Waals surface area contributed by atoms with Crippen LogP contribution in [-0.2, 0) is 10.2 Å². The fraction of sp³-hybridized carbons (Fsp3) is 0.364. The molecule has 0 bridgehead atoms. The first-order valence-corrected chi connectivity index (χ1v) is 9.37. The van der Waals surface area contributed by atoms with Gasteiger partial charge in [-0.2, -0.15) is 0 Å². The highest BCUT2D eigenvalue weighted by atomic mass is 16.2. The van der Waals surface area contributed by atoms with Crippen molar-refractivity contribution in [2.24, 2.45) is 0 Å². The minimum absolute atomic E-state index is 0.0327. The van der Waals surface area contributed by atoms with Crippen LogP contribution in [0.3, 0.4) is 0 Å². The number of rotatable bonds is 6. The van der Waals surface area contributed by atoms with E-state index in [4.69, 9.17) is 0 Å². The second kappa shape index (κ2) is 8.17. The van der Waals surface area contributed by atoms with Crippen molar-refractivity contribution in [3.05, 3.63) is 65.7 Å². The maximum atomic E-state index is 12.7. The van der Waals surface area contributed by atoms with Crippen LogP contribution in [0.15, 0.2) is 54.6 Å². The molecule has 0 heterocycles. The first kappa shape index (κ1) is 18.2. The molecule has 2 aromatic rings. The van der Waals surface area contributed by atoms with Crippen LogP contribution in [0, 0.1) is 0 Å². The predicted molar refractivity (Wildman–Crippen MR) is 104 cm³/mol. The average molecular weight is 350 g/mol. The Kier molecular flexibility index (Phi) is 5.71. The third-order valence-corrected chi connectivity index (χ3v) is 5.26. The van der Waals surface area contributed by atoms with Gasteiger partial charge in [0.25, 0.3) is 5.91 Å². The molecule has 0 unspecified atom stereocenters. The molecule has 0 atom stereocenters. The van der Waals surface area contributed by atoms with Crippen LogP contribution in [0.1, 0.15) is 54.9 Å². The molecule has 4 heteroatoms. The molecule has 0 radical (unpaired) electrons. The standard InChI is InChI=1S/C22H26N2O2/c1-2-20(25)24-19-12-8-9-17(15-19)21(26)23-16-22(13-6-7-14-22)18-10-4-3-5-11-18/h3-5,8-12,15H,2,6-7,13-14,16H2,1H3,(H,23,26)(H,24,25). The smallest absolute Gasteiger partial charge is 0.251 e. The number of amides is 2. The van der Waals surface area contributed by atoms with Gasteiger partial charge < -0.3 is 10.6 Å². The summed E-state index contributed by atoms with van der Waals surface area (Å²) in [5, 5.41) is 5.92. The van der Waals surface area contributed by atoms with Crippen molar-refractivity contribution >= 4 is 17.5 Å². The Morgan fingerprint density at radius 3 is 2.42 bits per heavy atom. The minimum Gasteiger partial charge on any atom is -0.351 e. The summed E-state index contributed by atoms with van der Waals surface area (Å²) in [4.78, 5) is 24.2. The first-order valence-electron chi connectivity index (χ1n) is 9.37. The Hall–Kier alpha value is -2.62. The van der Waals surface area contributed by atoms with Gasteiger partial charge in [0.15, 0.2) is 0 Å². The van der Waals surface area contributed by atoms with Crippen molar-refractivity contribution in [1.29, 1.82) is 0 Å². The van der Waals surface area contributed by atoms with Crippen molar-refractivity contribution in [3.8, 4) is 0 Å². The van der Waals surface area contributed by atoms with Crippen molar-refractivity contribution in [2.75, 3.05) is 11.9 Å². The molecule has 2 aromatic carbocycles. The van der Waals surface area contributed by atoms with E-state index in [0.717, 1.165) is 12.8 Å². The van der Waals surface area contributed by atoms with Crippen molar-refractivity contribution in [2.45, 2.75) is 44.4 Å². The van der Waals surface area contributed by atoms with Gasteiger partial charge in [-0.3, -0.25) is 9.59 Å². The van der Waals surface area contributed by atoms with E-state index in [9.17, 15) is 9.59 Å². The summed E-state index contributed by atoms with van der Waals surface area (Å²) in [6.07, 6.45) is 5.01. The molecule has 1 saturated carbocycles. The van der Waals surface area contributed by atoms with Gasteiger partial charge in [0.05, 0.1) is 0 Å². The second-order valence-electron chi connectivity index (χ2n) is 7.02. The Morgan fingerprint density at radius 1 is 1.00 bits per heavy atom. The maximum Gasteiger partial charge on any atom is 0.251 e. The van der Waals surface area contributed by atoms with Crippen LogP contribution in [-0.4, -0.2) is 18.4 Å². The van der Waals surface area contributed by atoms with E-state index in [2.05, 4.69) is 34.9 Å². The number of nitrogens with one attached hydrogen (secondary N) is 2. The van der Waals surface area contributed by atoms with Gasteiger partial charge in [-0.25, -0.2) is 0 Å². The molecular weight excluding hydrogens is 324 g/mol. The summed E-state index contributed by atoms with van der Waals surface area (Å²) in [7, 11) is 0. The van der Waals surface area contributed by atoms with E-state index in [-0.39, 0.29) is 17.2 Å². The SMILES string of the molecule is CCC(=O)Nc1cccc(C(=O)NCC2(c3ccccc3)CCCC2)c1. The monoisotopic (exact) mass is 350 g/mol. The first-order chi connectivity index (χ1) is 12.6. The molecule has 1 aliphatic carbocycles. The summed E-state index contributed by atoms with van der Waals surface area (Å²) in [6.45, 7) is 2.44. The highest BCUT2D eigenvalue weighted by Gasteiger charge is 2.35. The number of carbonyl (C=O) groups is 2. The largest absolute Gasteiger partial charge is 0.351 e. The zero-order valence-electron chi connectivity index (χ0n) is 15.3. The van der Waals surface area contributed by atoms with Crippen molar-refractivity contribution in [1.82, 2.24) is 5.32 Å². The lowest BCUT2D eigenvalue weighted by Gasteiger charge is -2.30. The summed E-state index contributed by atoms with van der Waals surface area (Å²) < 4.78 is 0. The summed E-state index contributed by atoms with van der Waals surface area (Å²) >= 11 is 0. The molecule has 0 aliphatic heterocycles. The maximum absolute atomic E-state index is 12.7. The molecule has 0 aromatic heterocycles. The second-order valence-corrected chi connectivity index (χ2v) is 7.02. The van der Waals surface area contributed by atoms with Gasteiger partial charge in [0, 0.05) is 29.6 Å². The summed E-state index contributed by atoms with van der Waals surface area (Å²) in [6, 6.07) is 17.6. The van der Waals surface area contributed by atoms with E-state index in [0.29, 0.717) is 24.2 Å². The van der Waals surface area contributed by atoms with Gasteiger partial charge in [-0.15, -0.1) is 0 Å². The molecule has 3 rings (SSSR count). The number of hydrogen-bond donors (Lipinski definition) is 2. The lowest BCUT2D eigenvalue weighted by molar-refractivity contribution is -0.115. The highest BCUT2D eigenvalue weighted by Crippen LogP contribution is 2.40. The fourth-order valence-electron chi connectivity index (χ4n) is 3.75. The molecule has 4 nitrogen and oxygen atoms in total. The average Bonchev–Trinajstić information content (AvgIpc) is 3.17. The van der Waals surface area contributed by atoms with E-state index in [1.54, 1.807) is 31.2 Å². The minimum atomic E-state index is -0.0974. The van der Waals surface area contributed by atoms with Gasteiger partial charge in [0.2, 0.25) is 5.91 Å². The predicted octanol–water partition coefficient (Wildman–Crippen LogP) is 4.28. The molecule has 1 aliphatic rings. The molecule has 26 heavy (non-hydrogen) atoms. The zero-order chi connectivity index (χ0) is 18.4. The quantitative estimate of drug-likeness (QED) is 0.817. The summed E-state index contributed by atoms with van der Waals surface area (Å²) in [5.41, 5.74) is 2.57. The van der Waals surface area contributed by atoms with Crippen LogP contribution in [0.5, 0.6) is 0 Å². The van der Waals surface area contributed by atoms with Gasteiger partial charge in [-0.1, -0.05) is 56.2 Å². The third kappa shape index (κ3) is 4.13. The molecule has 136 valence electrons. The fourth-order valence-corrected chi connectivity index (χ4v) is 3.75. The number of anilines is 1. The Balaban J connectivity index is 1.70. The van der Waals surface area contributed by atoms with E-state index in [1.165, 1.54) is 18.4 Å². The van der Waals surface area contributed by atoms with Crippen LogP contribution in [0.4, 0.5) is 5.69 Å². The molecular formula is C22H26N2O2. The van der Waals surface area contributed by atoms with Crippen molar-refractivity contribution in [3.63, 3.8) is 0 Å². The molecule has 0 saturated heterocycles.